The van der Waals surface area contributed by atoms with Crippen LogP contribution in [0.4, 0.5) is 0 Å². The number of unbranched alkanes of at least 4 members (excludes halogenated alkanes) is 3. The highest BCUT2D eigenvalue weighted by Crippen LogP contribution is 2.30. The van der Waals surface area contributed by atoms with Crippen LogP contribution in [-0.4, -0.2) is 80.8 Å². The van der Waals surface area contributed by atoms with Gasteiger partial charge in [-0.15, -0.1) is 5.10 Å². The third kappa shape index (κ3) is 10.6. The van der Waals surface area contributed by atoms with Gasteiger partial charge in [0.15, 0.2) is 24.6 Å². The summed E-state index contributed by atoms with van der Waals surface area (Å²) in [7, 11) is 0. The van der Waals surface area contributed by atoms with E-state index in [-0.39, 0.29) is 13.2 Å². The van der Waals surface area contributed by atoms with Gasteiger partial charge in [-0.2, -0.15) is 0 Å². The van der Waals surface area contributed by atoms with Gasteiger partial charge in [0.05, 0.1) is 12.8 Å². The monoisotopic (exact) mass is 578 g/mol. The molecule has 2 aromatic rings. The molecule has 1 fully saturated rings. The molecule has 41 heavy (non-hydrogen) atoms. The highest BCUT2D eigenvalue weighted by atomic mass is 16.7. The Labute approximate surface area is 238 Å². The molecule has 0 N–H and O–H groups in total. The van der Waals surface area contributed by atoms with Crippen molar-refractivity contribution in [2.75, 3.05) is 6.61 Å². The molecule has 226 valence electrons. The Balaban J connectivity index is 1.62. The van der Waals surface area contributed by atoms with Crippen LogP contribution in [-0.2, 0) is 67.3 Å². The lowest BCUT2D eigenvalue weighted by Gasteiger charge is -2.43. The second-order valence-corrected chi connectivity index (χ2v) is 9.69. The van der Waals surface area contributed by atoms with Gasteiger partial charge in [0, 0.05) is 53.2 Å². The highest BCUT2D eigenvalue weighted by molar-refractivity contribution is 5.68. The maximum atomic E-state index is 11.9. The molecule has 5 atom stereocenters. The minimum absolute atomic E-state index is 0.0788. The van der Waals surface area contributed by atoms with Crippen molar-refractivity contribution in [3.05, 3.63) is 36.4 Å². The van der Waals surface area contributed by atoms with E-state index in [1.807, 2.05) is 12.1 Å². The van der Waals surface area contributed by atoms with E-state index in [2.05, 4.69) is 27.3 Å². The third-order valence-electron chi connectivity index (χ3n) is 6.15. The highest BCUT2D eigenvalue weighted by Gasteiger charge is 2.52. The Morgan fingerprint density at radius 3 is 2.05 bits per heavy atom. The van der Waals surface area contributed by atoms with Crippen LogP contribution in [0.1, 0.15) is 59.1 Å². The number of aryl methyl sites for hydroxylation is 2. The maximum absolute atomic E-state index is 11.9. The van der Waals surface area contributed by atoms with Crippen molar-refractivity contribution in [3.63, 3.8) is 0 Å². The average Bonchev–Trinajstić information content (AvgIpc) is 3.58. The van der Waals surface area contributed by atoms with Crippen LogP contribution < -0.4 is 0 Å². The van der Waals surface area contributed by atoms with Crippen molar-refractivity contribution in [3.8, 4) is 0 Å². The minimum Gasteiger partial charge on any atom is -0.463 e. The maximum Gasteiger partial charge on any atom is 0.303 e. The first kappa shape index (κ1) is 31.7. The van der Waals surface area contributed by atoms with Crippen molar-refractivity contribution in [1.82, 2.24) is 19.6 Å². The second-order valence-electron chi connectivity index (χ2n) is 9.69. The van der Waals surface area contributed by atoms with Crippen molar-refractivity contribution in [1.29, 1.82) is 0 Å². The van der Waals surface area contributed by atoms with Gasteiger partial charge in [0.25, 0.3) is 0 Å². The van der Waals surface area contributed by atoms with E-state index in [1.54, 1.807) is 10.9 Å². The molecule has 0 aromatic carbocycles. The molecule has 0 radical (unpaired) electrons. The molecule has 0 amide bonds. The molecule has 3 rings (SSSR count). The van der Waals surface area contributed by atoms with Crippen molar-refractivity contribution >= 4 is 23.9 Å². The van der Waals surface area contributed by atoms with E-state index in [0.717, 1.165) is 46.1 Å². The predicted octanol–water partition coefficient (Wildman–Crippen LogP) is 1.94. The van der Waals surface area contributed by atoms with Crippen molar-refractivity contribution in [2.24, 2.45) is 0 Å². The van der Waals surface area contributed by atoms with Crippen molar-refractivity contribution in [2.45, 2.75) is 104 Å². The summed E-state index contributed by atoms with van der Waals surface area (Å²) in [5.74, 6) is -2.73. The van der Waals surface area contributed by atoms with Gasteiger partial charge >= 0.3 is 23.9 Å². The lowest BCUT2D eigenvalue weighted by atomic mass is 9.98. The Bertz CT molecular complexity index is 1140. The largest absolute Gasteiger partial charge is 0.463 e. The normalized spacial score (nSPS) is 22.1. The standard InChI is InChI=1S/C27H38N4O10/c1-18(32)36-17-23-24(38-19(2)33)25(39-20(3)34)26(40-21(4)35)27(41-23)37-16-22-15-31(29-28-22)14-8-6-5-7-11-30-12-9-10-13-30/h9-10,12-13,15,23-27H,5-8,11,14,16-17H2,1-4H3/t23?,24-,25?,26?,27+/m0/s1. The number of carbonyl (C=O) groups excluding carboxylic acids is 4. The number of rotatable bonds is 15. The first-order valence-corrected chi connectivity index (χ1v) is 13.5. The molecule has 0 spiro atoms. The predicted molar refractivity (Wildman–Crippen MR) is 140 cm³/mol. The van der Waals surface area contributed by atoms with E-state index >= 15 is 0 Å². The van der Waals surface area contributed by atoms with Crippen LogP contribution >= 0.6 is 0 Å². The van der Waals surface area contributed by atoms with Gasteiger partial charge in [-0.25, -0.2) is 0 Å². The second kappa shape index (κ2) is 15.9. The fraction of sp³-hybridized carbons (Fsp3) is 0.630. The van der Waals surface area contributed by atoms with Gasteiger partial charge in [-0.1, -0.05) is 18.1 Å². The Morgan fingerprint density at radius 2 is 1.41 bits per heavy atom. The molecule has 14 heteroatoms. The fourth-order valence-corrected chi connectivity index (χ4v) is 4.45. The summed E-state index contributed by atoms with van der Waals surface area (Å²) >= 11 is 0. The SMILES string of the molecule is CC(=O)OCC1O[C@@H](OCc2cn(CCCCCCn3cccc3)nn2)C(OC(C)=O)C(OC(C)=O)[C@H]1OC(C)=O. The summed E-state index contributed by atoms with van der Waals surface area (Å²) in [6, 6.07) is 4.03. The number of hydrogen-bond donors (Lipinski definition) is 0. The summed E-state index contributed by atoms with van der Waals surface area (Å²) in [4.78, 5) is 47.2. The molecular weight excluding hydrogens is 540 g/mol. The van der Waals surface area contributed by atoms with E-state index in [9.17, 15) is 19.2 Å². The van der Waals surface area contributed by atoms with E-state index in [0.29, 0.717) is 12.2 Å². The summed E-state index contributed by atoms with van der Waals surface area (Å²) in [5.41, 5.74) is 0.491. The number of esters is 4. The smallest absolute Gasteiger partial charge is 0.303 e. The van der Waals surface area contributed by atoms with Crippen LogP contribution in [0.25, 0.3) is 0 Å². The van der Waals surface area contributed by atoms with Gasteiger partial charge in [-0.05, 0) is 25.0 Å². The third-order valence-corrected chi connectivity index (χ3v) is 6.15. The first-order valence-electron chi connectivity index (χ1n) is 13.5. The molecule has 14 nitrogen and oxygen atoms in total. The van der Waals surface area contributed by atoms with Crippen LogP contribution in [0, 0.1) is 0 Å². The van der Waals surface area contributed by atoms with Gasteiger partial charge in [-0.3, -0.25) is 23.9 Å². The molecule has 3 unspecified atom stereocenters. The van der Waals surface area contributed by atoms with Gasteiger partial charge in [0.2, 0.25) is 0 Å². The molecule has 1 aliphatic heterocycles. The lowest BCUT2D eigenvalue weighted by Crippen LogP contribution is -2.62. The van der Waals surface area contributed by atoms with Gasteiger partial charge in [0.1, 0.15) is 18.4 Å². The lowest BCUT2D eigenvalue weighted by molar-refractivity contribution is -0.310. The summed E-state index contributed by atoms with van der Waals surface area (Å²) in [5, 5.41) is 8.27. The van der Waals surface area contributed by atoms with Crippen LogP contribution in [0.2, 0.25) is 0 Å². The number of hydrogen-bond acceptors (Lipinski definition) is 12. The molecule has 3 heterocycles. The molecule has 0 aliphatic carbocycles. The number of nitrogens with zero attached hydrogens (tertiary/aromatic N) is 4. The zero-order valence-electron chi connectivity index (χ0n) is 23.8. The number of carbonyl (C=O) groups is 4. The van der Waals surface area contributed by atoms with Crippen LogP contribution in [0.5, 0.6) is 0 Å². The Kier molecular flexibility index (Phi) is 12.3. The summed E-state index contributed by atoms with van der Waals surface area (Å²) in [6.07, 6.45) is 3.84. The molecule has 0 bridgehead atoms. The zero-order chi connectivity index (χ0) is 29.8. The van der Waals surface area contributed by atoms with E-state index in [1.165, 1.54) is 13.8 Å². The van der Waals surface area contributed by atoms with Gasteiger partial charge < -0.3 is 33.0 Å². The molecule has 1 saturated heterocycles. The topological polar surface area (TPSA) is 159 Å². The van der Waals surface area contributed by atoms with Crippen LogP contribution in [0.3, 0.4) is 0 Å². The first-order chi connectivity index (χ1) is 19.6. The molecule has 2 aromatic heterocycles. The Morgan fingerprint density at radius 1 is 0.805 bits per heavy atom. The average molecular weight is 579 g/mol. The van der Waals surface area contributed by atoms with Crippen LogP contribution in [0.15, 0.2) is 30.7 Å². The molecule has 0 saturated carbocycles. The van der Waals surface area contributed by atoms with Crippen molar-refractivity contribution < 1.29 is 47.6 Å². The summed E-state index contributed by atoms with van der Waals surface area (Å²) < 4.78 is 36.9. The zero-order valence-corrected chi connectivity index (χ0v) is 23.8. The summed E-state index contributed by atoms with van der Waals surface area (Å²) in [6.45, 7) is 5.96. The molecular formula is C27H38N4O10. The number of ether oxygens (including phenoxy) is 6. The van der Waals surface area contributed by atoms with E-state index < -0.39 is 54.6 Å². The quantitative estimate of drug-likeness (QED) is 0.172. The fourth-order valence-electron chi connectivity index (χ4n) is 4.45. The molecule has 1 aliphatic rings. The van der Waals surface area contributed by atoms with E-state index in [4.69, 9.17) is 28.4 Å². The number of aromatic nitrogens is 4. The Hall–Kier alpha value is -3.78. The minimum atomic E-state index is -1.30.